The number of nitrogens with zero attached hydrogens (tertiary/aromatic N) is 6. The van der Waals surface area contributed by atoms with E-state index in [1.165, 1.54) is 12.1 Å². The smallest absolute Gasteiger partial charge is 0.228 e. The Morgan fingerprint density at radius 3 is 2.70 bits per heavy atom. The van der Waals surface area contributed by atoms with Crippen LogP contribution in [0.15, 0.2) is 30.3 Å². The lowest BCUT2D eigenvalue weighted by molar-refractivity contribution is -0.119. The molecule has 33 heavy (non-hydrogen) atoms. The van der Waals surface area contributed by atoms with E-state index in [0.29, 0.717) is 25.2 Å². The lowest BCUT2D eigenvalue weighted by Crippen LogP contribution is -2.36. The maximum absolute atomic E-state index is 13.7. The van der Waals surface area contributed by atoms with Gasteiger partial charge in [0, 0.05) is 48.4 Å². The first-order valence-corrected chi connectivity index (χ1v) is 11.4. The summed E-state index contributed by atoms with van der Waals surface area (Å²) in [6, 6.07) is 8.39. The van der Waals surface area contributed by atoms with E-state index in [1.807, 2.05) is 32.9 Å². The van der Waals surface area contributed by atoms with E-state index in [0.717, 1.165) is 59.5 Å². The van der Waals surface area contributed by atoms with Gasteiger partial charge in [0.1, 0.15) is 29.1 Å². The van der Waals surface area contributed by atoms with E-state index in [9.17, 15) is 9.18 Å². The average molecular weight is 447 g/mol. The third kappa shape index (κ3) is 4.29. The fourth-order valence-corrected chi connectivity index (χ4v) is 4.81. The summed E-state index contributed by atoms with van der Waals surface area (Å²) in [6.45, 7) is 7.81. The third-order valence-corrected chi connectivity index (χ3v) is 6.41. The summed E-state index contributed by atoms with van der Waals surface area (Å²) in [4.78, 5) is 35.5. The van der Waals surface area contributed by atoms with Crippen molar-refractivity contribution in [1.82, 2.24) is 19.9 Å². The van der Waals surface area contributed by atoms with Crippen LogP contribution >= 0.6 is 0 Å². The molecular formula is C25H27FN6O. The molecule has 7 nitrogen and oxygen atoms in total. The van der Waals surface area contributed by atoms with Crippen LogP contribution in [0.1, 0.15) is 52.9 Å². The highest BCUT2D eigenvalue weighted by atomic mass is 19.1. The quantitative estimate of drug-likeness (QED) is 0.607. The number of aryl methyl sites for hydroxylation is 3. The topological polar surface area (TPSA) is 75.1 Å². The van der Waals surface area contributed by atoms with Crippen LogP contribution in [-0.2, 0) is 17.8 Å². The Morgan fingerprint density at radius 1 is 1.06 bits per heavy atom. The van der Waals surface area contributed by atoms with Gasteiger partial charge in [-0.1, -0.05) is 12.1 Å². The van der Waals surface area contributed by atoms with Crippen LogP contribution in [-0.4, -0.2) is 38.9 Å². The molecule has 8 heteroatoms. The van der Waals surface area contributed by atoms with E-state index in [4.69, 9.17) is 9.97 Å². The maximum atomic E-state index is 13.7. The van der Waals surface area contributed by atoms with Crippen molar-refractivity contribution in [3.8, 4) is 0 Å². The van der Waals surface area contributed by atoms with Crippen molar-refractivity contribution in [2.45, 2.75) is 52.5 Å². The Kier molecular flexibility index (Phi) is 5.52. The van der Waals surface area contributed by atoms with Gasteiger partial charge in [-0.15, -0.1) is 0 Å². The van der Waals surface area contributed by atoms with Crippen molar-refractivity contribution in [2.75, 3.05) is 22.9 Å². The number of rotatable bonds is 4. The molecule has 0 spiro atoms. The SMILES string of the molecule is Cc1cc(N2CC[C@H](c3nc(C)c4c(n3)N(Cc3cccc(F)c3)C(=O)CC4)C2)nc(C)n1. The first-order chi connectivity index (χ1) is 15.9. The zero-order valence-corrected chi connectivity index (χ0v) is 19.2. The van der Waals surface area contributed by atoms with Gasteiger partial charge in [-0.2, -0.15) is 0 Å². The Balaban J connectivity index is 1.44. The van der Waals surface area contributed by atoms with Crippen molar-refractivity contribution >= 4 is 17.5 Å². The molecule has 3 aromatic rings. The van der Waals surface area contributed by atoms with E-state index < -0.39 is 0 Å². The molecule has 0 unspecified atom stereocenters. The van der Waals surface area contributed by atoms with Gasteiger partial charge in [-0.3, -0.25) is 9.69 Å². The van der Waals surface area contributed by atoms with Gasteiger partial charge in [0.25, 0.3) is 0 Å². The number of carbonyl (C=O) groups excluding carboxylic acids is 1. The van der Waals surface area contributed by atoms with Crippen molar-refractivity contribution < 1.29 is 9.18 Å². The van der Waals surface area contributed by atoms with E-state index in [1.54, 1.807) is 11.0 Å². The Bertz CT molecular complexity index is 1210. The van der Waals surface area contributed by atoms with Gasteiger partial charge >= 0.3 is 0 Å². The summed E-state index contributed by atoms with van der Waals surface area (Å²) in [7, 11) is 0. The van der Waals surface area contributed by atoms with E-state index in [2.05, 4.69) is 14.9 Å². The Morgan fingerprint density at radius 2 is 1.91 bits per heavy atom. The molecule has 0 bridgehead atoms. The van der Waals surface area contributed by atoms with Crippen LogP contribution in [0, 0.1) is 26.6 Å². The summed E-state index contributed by atoms with van der Waals surface area (Å²) in [5.74, 6) is 2.98. The Labute approximate surface area is 192 Å². The summed E-state index contributed by atoms with van der Waals surface area (Å²) < 4.78 is 13.7. The monoisotopic (exact) mass is 446 g/mol. The summed E-state index contributed by atoms with van der Waals surface area (Å²) in [6.07, 6.45) is 1.96. The number of aromatic nitrogens is 4. The van der Waals surface area contributed by atoms with Gasteiger partial charge in [-0.05, 0) is 51.3 Å². The van der Waals surface area contributed by atoms with Crippen LogP contribution in [0.5, 0.6) is 0 Å². The fourth-order valence-electron chi connectivity index (χ4n) is 4.81. The van der Waals surface area contributed by atoms with Crippen LogP contribution in [0.3, 0.4) is 0 Å². The largest absolute Gasteiger partial charge is 0.356 e. The van der Waals surface area contributed by atoms with Gasteiger partial charge in [0.2, 0.25) is 5.91 Å². The average Bonchev–Trinajstić information content (AvgIpc) is 3.25. The van der Waals surface area contributed by atoms with Crippen LogP contribution in [0.25, 0.3) is 0 Å². The van der Waals surface area contributed by atoms with E-state index in [-0.39, 0.29) is 17.6 Å². The molecule has 0 N–H and O–H groups in total. The molecule has 1 saturated heterocycles. The van der Waals surface area contributed by atoms with Gasteiger partial charge in [-0.25, -0.2) is 24.3 Å². The summed E-state index contributed by atoms with van der Waals surface area (Å²) in [5, 5.41) is 0. The number of carbonyl (C=O) groups is 1. The second kappa shape index (κ2) is 8.50. The van der Waals surface area contributed by atoms with Gasteiger partial charge in [0.15, 0.2) is 0 Å². The van der Waals surface area contributed by atoms with Crippen molar-refractivity contribution in [3.63, 3.8) is 0 Å². The zero-order chi connectivity index (χ0) is 23.1. The number of hydrogen-bond acceptors (Lipinski definition) is 6. The molecule has 0 radical (unpaired) electrons. The van der Waals surface area contributed by atoms with E-state index >= 15 is 0 Å². The normalized spacial score (nSPS) is 18.1. The minimum absolute atomic E-state index is 0.01000. The standard InChI is InChI=1S/C25H27FN6O/c1-15-11-22(29-17(3)27-15)31-10-9-19(14-31)24-28-16(2)21-7-8-23(33)32(25(21)30-24)13-18-5-4-6-20(26)12-18/h4-6,11-12,19H,7-10,13-14H2,1-3H3/t19-/m0/s1. The first kappa shape index (κ1) is 21.4. The molecule has 2 aliphatic rings. The van der Waals surface area contributed by atoms with Crippen LogP contribution in [0.2, 0.25) is 0 Å². The highest BCUT2D eigenvalue weighted by molar-refractivity contribution is 5.95. The first-order valence-electron chi connectivity index (χ1n) is 11.4. The number of anilines is 2. The van der Waals surface area contributed by atoms with Crippen molar-refractivity contribution in [1.29, 1.82) is 0 Å². The molecule has 1 amide bonds. The molecule has 0 saturated carbocycles. The Hall–Kier alpha value is -3.42. The summed E-state index contributed by atoms with van der Waals surface area (Å²) >= 11 is 0. The minimum Gasteiger partial charge on any atom is -0.356 e. The maximum Gasteiger partial charge on any atom is 0.228 e. The highest BCUT2D eigenvalue weighted by Gasteiger charge is 2.32. The lowest BCUT2D eigenvalue weighted by Gasteiger charge is -2.30. The molecule has 2 aromatic heterocycles. The summed E-state index contributed by atoms with van der Waals surface area (Å²) in [5.41, 5.74) is 3.62. The number of benzene rings is 1. The minimum atomic E-state index is -0.307. The molecule has 1 fully saturated rings. The second-order valence-corrected chi connectivity index (χ2v) is 8.93. The number of amides is 1. The van der Waals surface area contributed by atoms with Crippen molar-refractivity contribution in [3.05, 3.63) is 70.3 Å². The molecule has 170 valence electrons. The fraction of sp³-hybridized carbons (Fsp3) is 0.400. The molecule has 5 rings (SSSR count). The van der Waals surface area contributed by atoms with Crippen LogP contribution in [0.4, 0.5) is 16.0 Å². The highest BCUT2D eigenvalue weighted by Crippen LogP contribution is 2.34. The predicted octanol–water partition coefficient (Wildman–Crippen LogP) is 3.80. The van der Waals surface area contributed by atoms with Crippen LogP contribution < -0.4 is 9.80 Å². The van der Waals surface area contributed by atoms with Gasteiger partial charge in [0.05, 0.1) is 6.54 Å². The molecule has 2 aliphatic heterocycles. The third-order valence-electron chi connectivity index (χ3n) is 6.41. The molecule has 1 aromatic carbocycles. The second-order valence-electron chi connectivity index (χ2n) is 8.93. The van der Waals surface area contributed by atoms with Gasteiger partial charge < -0.3 is 4.90 Å². The number of fused-ring (bicyclic) bond motifs is 1. The zero-order valence-electron chi connectivity index (χ0n) is 19.2. The molecule has 0 aliphatic carbocycles. The lowest BCUT2D eigenvalue weighted by atomic mass is 10.0. The molecule has 1 atom stereocenters. The number of halogens is 1. The predicted molar refractivity (Wildman–Crippen MR) is 124 cm³/mol. The van der Waals surface area contributed by atoms with Crippen molar-refractivity contribution in [2.24, 2.45) is 0 Å². The molecular weight excluding hydrogens is 419 g/mol. The number of hydrogen-bond donors (Lipinski definition) is 0. The molecule has 4 heterocycles.